The number of nitrogens with zero attached hydrogens (tertiary/aromatic N) is 1. The number of sulfonamides is 1. The summed E-state index contributed by atoms with van der Waals surface area (Å²) in [6.45, 7) is 6.05. The van der Waals surface area contributed by atoms with Crippen LogP contribution in [0.3, 0.4) is 0 Å². The molecule has 0 bridgehead atoms. The van der Waals surface area contributed by atoms with E-state index in [9.17, 15) is 13.5 Å². The smallest absolute Gasteiger partial charge is 0.243 e. The first-order chi connectivity index (χ1) is 14.8. The Morgan fingerprint density at radius 2 is 1.35 bits per heavy atom. The zero-order valence-electron chi connectivity index (χ0n) is 18.2. The van der Waals surface area contributed by atoms with Gasteiger partial charge in [0.05, 0.1) is 10.9 Å². The van der Waals surface area contributed by atoms with Crippen molar-refractivity contribution in [3.63, 3.8) is 0 Å². The van der Waals surface area contributed by atoms with Crippen LogP contribution in [0.5, 0.6) is 0 Å². The highest BCUT2D eigenvalue weighted by atomic mass is 32.2. The summed E-state index contributed by atoms with van der Waals surface area (Å²) in [4.78, 5) is 0.355. The Kier molecular flexibility index (Phi) is 5.77. The minimum absolute atomic E-state index is 0.355. The normalized spacial score (nSPS) is 17.7. The summed E-state index contributed by atoms with van der Waals surface area (Å²) in [5.41, 5.74) is 2.48. The molecule has 1 aliphatic rings. The van der Waals surface area contributed by atoms with Crippen molar-refractivity contribution in [2.45, 2.75) is 50.2 Å². The van der Waals surface area contributed by atoms with Gasteiger partial charge in [0.25, 0.3) is 0 Å². The molecule has 3 aromatic rings. The lowest BCUT2D eigenvalue weighted by molar-refractivity contribution is 0.0204. The Labute approximate surface area is 185 Å². The molecule has 31 heavy (non-hydrogen) atoms. The highest BCUT2D eigenvalue weighted by Crippen LogP contribution is 2.43. The molecular weight excluding hydrogens is 406 g/mol. The van der Waals surface area contributed by atoms with Crippen molar-refractivity contribution in [3.05, 3.63) is 101 Å². The van der Waals surface area contributed by atoms with Crippen LogP contribution in [0.4, 0.5) is 0 Å². The second kappa shape index (κ2) is 8.23. The summed E-state index contributed by atoms with van der Waals surface area (Å²) in [5.74, 6) is 0. The first-order valence-corrected chi connectivity index (χ1v) is 12.1. The average Bonchev–Trinajstić information content (AvgIpc) is 3.25. The van der Waals surface area contributed by atoms with E-state index in [1.165, 1.54) is 4.31 Å². The third kappa shape index (κ3) is 3.71. The maximum absolute atomic E-state index is 13.9. The number of hydrogen-bond donors (Lipinski definition) is 1. The molecule has 162 valence electrons. The van der Waals surface area contributed by atoms with Crippen LogP contribution in [0.15, 0.2) is 77.7 Å². The molecule has 1 N–H and O–H groups in total. The third-order valence-electron chi connectivity index (χ3n) is 6.29. The fourth-order valence-corrected chi connectivity index (χ4v) is 7.20. The molecule has 1 aliphatic heterocycles. The molecule has 0 spiro atoms. The molecule has 3 aromatic carbocycles. The van der Waals surface area contributed by atoms with Crippen molar-refractivity contribution in [2.75, 3.05) is 6.54 Å². The highest BCUT2D eigenvalue weighted by molar-refractivity contribution is 7.89. The average molecular weight is 436 g/mol. The maximum atomic E-state index is 13.9. The molecule has 1 fully saturated rings. The van der Waals surface area contributed by atoms with E-state index in [4.69, 9.17) is 0 Å². The quantitative estimate of drug-likeness (QED) is 0.632. The SMILES string of the molecule is Cc1cc(C)c(S(=O)(=O)N2CCCC2C(O)(c2ccccc2)c2ccccc2)c(C)c1. The number of aliphatic hydroxyl groups is 1. The number of benzene rings is 3. The van der Waals surface area contributed by atoms with E-state index in [1.807, 2.05) is 93.6 Å². The molecular formula is C26H29NO3S. The van der Waals surface area contributed by atoms with Crippen LogP contribution < -0.4 is 0 Å². The zero-order chi connectivity index (χ0) is 22.2. The van der Waals surface area contributed by atoms with Crippen molar-refractivity contribution in [1.29, 1.82) is 0 Å². The molecule has 1 saturated heterocycles. The lowest BCUT2D eigenvalue weighted by atomic mass is 9.79. The van der Waals surface area contributed by atoms with E-state index in [-0.39, 0.29) is 0 Å². The fraction of sp³-hybridized carbons (Fsp3) is 0.308. The molecule has 5 heteroatoms. The van der Waals surface area contributed by atoms with E-state index < -0.39 is 21.7 Å². The van der Waals surface area contributed by atoms with Crippen molar-refractivity contribution in [2.24, 2.45) is 0 Å². The number of hydrogen-bond acceptors (Lipinski definition) is 3. The van der Waals surface area contributed by atoms with Gasteiger partial charge in [-0.05, 0) is 55.9 Å². The monoisotopic (exact) mass is 435 g/mol. The Bertz CT molecular complexity index is 1110. The predicted octanol–water partition coefficient (Wildman–Crippen LogP) is 4.70. The first kappa shape index (κ1) is 21.8. The molecule has 1 unspecified atom stereocenters. The molecule has 1 atom stereocenters. The molecule has 4 rings (SSSR count). The molecule has 0 saturated carbocycles. The van der Waals surface area contributed by atoms with Gasteiger partial charge in [-0.25, -0.2) is 8.42 Å². The van der Waals surface area contributed by atoms with Crippen LogP contribution in [-0.2, 0) is 15.6 Å². The summed E-state index contributed by atoms with van der Waals surface area (Å²) in [7, 11) is -3.79. The van der Waals surface area contributed by atoms with Gasteiger partial charge in [-0.3, -0.25) is 0 Å². The van der Waals surface area contributed by atoms with Gasteiger partial charge in [0.1, 0.15) is 5.60 Å². The van der Waals surface area contributed by atoms with E-state index in [2.05, 4.69) is 0 Å². The van der Waals surface area contributed by atoms with Gasteiger partial charge in [-0.15, -0.1) is 0 Å². The van der Waals surface area contributed by atoms with Crippen LogP contribution >= 0.6 is 0 Å². The second-order valence-electron chi connectivity index (χ2n) is 8.50. The standard InChI is InChI=1S/C26H29NO3S/c1-19-17-20(2)25(21(3)18-19)31(29,30)27-16-10-15-24(27)26(28,22-11-6-4-7-12-22)23-13-8-5-9-14-23/h4-9,11-14,17-18,24,28H,10,15-16H2,1-3H3. The van der Waals surface area contributed by atoms with Crippen LogP contribution in [0.25, 0.3) is 0 Å². The summed E-state index contributed by atoms with van der Waals surface area (Å²) >= 11 is 0. The third-order valence-corrected chi connectivity index (χ3v) is 8.50. The van der Waals surface area contributed by atoms with Crippen LogP contribution in [0, 0.1) is 20.8 Å². The van der Waals surface area contributed by atoms with Gasteiger partial charge < -0.3 is 5.11 Å². The van der Waals surface area contributed by atoms with Crippen LogP contribution in [0.2, 0.25) is 0 Å². The van der Waals surface area contributed by atoms with E-state index in [0.29, 0.717) is 35.4 Å². The minimum atomic E-state index is -3.79. The topological polar surface area (TPSA) is 57.6 Å². The van der Waals surface area contributed by atoms with Crippen LogP contribution in [-0.4, -0.2) is 30.4 Å². The van der Waals surface area contributed by atoms with Gasteiger partial charge >= 0.3 is 0 Å². The second-order valence-corrected chi connectivity index (χ2v) is 10.3. The summed E-state index contributed by atoms with van der Waals surface area (Å²) < 4.78 is 29.4. The number of aryl methyl sites for hydroxylation is 3. The predicted molar refractivity (Wildman–Crippen MR) is 123 cm³/mol. The highest BCUT2D eigenvalue weighted by Gasteiger charge is 2.50. The molecule has 1 heterocycles. The van der Waals surface area contributed by atoms with Gasteiger partial charge in [0.2, 0.25) is 10.0 Å². The van der Waals surface area contributed by atoms with Gasteiger partial charge in [-0.1, -0.05) is 78.4 Å². The summed E-state index contributed by atoms with van der Waals surface area (Å²) in [6, 6.07) is 22.0. The number of rotatable bonds is 5. The first-order valence-electron chi connectivity index (χ1n) is 10.7. The van der Waals surface area contributed by atoms with Gasteiger partial charge in [0, 0.05) is 6.54 Å². The van der Waals surface area contributed by atoms with Crippen molar-refractivity contribution >= 4 is 10.0 Å². The molecule has 0 amide bonds. The molecule has 0 aliphatic carbocycles. The Morgan fingerprint density at radius 3 is 1.84 bits per heavy atom. The lowest BCUT2D eigenvalue weighted by Gasteiger charge is -2.39. The molecule has 0 aromatic heterocycles. The zero-order valence-corrected chi connectivity index (χ0v) is 19.1. The Morgan fingerprint density at radius 1 is 0.871 bits per heavy atom. The maximum Gasteiger partial charge on any atom is 0.243 e. The molecule has 0 radical (unpaired) electrons. The lowest BCUT2D eigenvalue weighted by Crippen LogP contribution is -2.50. The fourth-order valence-electron chi connectivity index (χ4n) is 5.07. The van der Waals surface area contributed by atoms with E-state index >= 15 is 0 Å². The van der Waals surface area contributed by atoms with E-state index in [1.54, 1.807) is 0 Å². The van der Waals surface area contributed by atoms with Crippen molar-refractivity contribution in [1.82, 2.24) is 4.31 Å². The minimum Gasteiger partial charge on any atom is -0.379 e. The Balaban J connectivity index is 1.88. The summed E-state index contributed by atoms with van der Waals surface area (Å²) in [6.07, 6.45) is 1.29. The van der Waals surface area contributed by atoms with Crippen molar-refractivity contribution in [3.8, 4) is 0 Å². The summed E-state index contributed by atoms with van der Waals surface area (Å²) in [5, 5.41) is 12.2. The largest absolute Gasteiger partial charge is 0.379 e. The molecule has 4 nitrogen and oxygen atoms in total. The Hall–Kier alpha value is -2.47. The van der Waals surface area contributed by atoms with Gasteiger partial charge in [0.15, 0.2) is 0 Å². The van der Waals surface area contributed by atoms with E-state index in [0.717, 1.165) is 16.7 Å². The van der Waals surface area contributed by atoms with Crippen molar-refractivity contribution < 1.29 is 13.5 Å². The van der Waals surface area contributed by atoms with Crippen LogP contribution in [0.1, 0.15) is 40.7 Å². The van der Waals surface area contributed by atoms with Gasteiger partial charge in [-0.2, -0.15) is 4.31 Å².